The number of carbonyl (C=O) groups is 5. The Labute approximate surface area is 359 Å². The van der Waals surface area contributed by atoms with E-state index in [1.807, 2.05) is 62.3 Å². The quantitative estimate of drug-likeness (QED) is 0.0747. The number of hydrogen-bond acceptors (Lipinski definition) is 9. The predicted molar refractivity (Wildman–Crippen MR) is 235 cm³/mol. The summed E-state index contributed by atoms with van der Waals surface area (Å²) in [5, 5.41) is 5.00. The number of carbonyl (C=O) groups excluding carboxylic acids is 5. The molecule has 2 unspecified atom stereocenters. The van der Waals surface area contributed by atoms with E-state index in [4.69, 9.17) is 0 Å². The van der Waals surface area contributed by atoms with Gasteiger partial charge in [-0.1, -0.05) is 70.0 Å². The van der Waals surface area contributed by atoms with Crippen LogP contribution in [0.3, 0.4) is 0 Å². The van der Waals surface area contributed by atoms with Crippen molar-refractivity contribution < 1.29 is 41.5 Å². The Morgan fingerprint density at radius 2 is 1.54 bits per heavy atom. The van der Waals surface area contributed by atoms with Crippen molar-refractivity contribution in [1.82, 2.24) is 15.5 Å². The molecule has 6 rings (SSSR count). The molecule has 14 heteroatoms. The van der Waals surface area contributed by atoms with Gasteiger partial charge in [0.25, 0.3) is 10.1 Å². The van der Waals surface area contributed by atoms with Crippen molar-refractivity contribution in [2.24, 2.45) is 0 Å². The molecule has 4 aliphatic rings. The van der Waals surface area contributed by atoms with Gasteiger partial charge in [-0.15, -0.1) is 0 Å². The third-order valence-corrected chi connectivity index (χ3v) is 13.5. The molecule has 326 valence electrons. The number of ketones is 2. The Morgan fingerprint density at radius 3 is 2.20 bits per heavy atom. The van der Waals surface area contributed by atoms with E-state index in [0.29, 0.717) is 42.7 Å². The normalized spacial score (nSPS) is 20.9. The van der Waals surface area contributed by atoms with E-state index < -0.39 is 62.3 Å². The molecule has 1 fully saturated rings. The smallest absolute Gasteiger partial charge is 0.267 e. The lowest BCUT2D eigenvalue weighted by Crippen LogP contribution is -2.48. The van der Waals surface area contributed by atoms with E-state index in [1.165, 1.54) is 0 Å². The molecule has 2 atom stereocenters. The van der Waals surface area contributed by atoms with E-state index >= 15 is 0 Å². The van der Waals surface area contributed by atoms with Crippen LogP contribution in [0, 0.1) is 0 Å². The highest BCUT2D eigenvalue weighted by atomic mass is 32.2. The van der Waals surface area contributed by atoms with Gasteiger partial charge in [-0.3, -0.25) is 33.8 Å². The molecule has 0 aromatic heterocycles. The molecule has 3 amide bonds. The van der Waals surface area contributed by atoms with Crippen LogP contribution in [0.15, 0.2) is 83.2 Å². The number of unbranched alkanes of at least 4 members (excludes halogenated alkanes) is 3. The number of hydrogen-bond donors (Lipinski definition) is 3. The molecule has 1 saturated heterocycles. The molecule has 0 radical (unpaired) electrons. The van der Waals surface area contributed by atoms with Crippen LogP contribution in [0.1, 0.15) is 110 Å². The number of nitrogens with one attached hydrogen (secondary N) is 2. The highest BCUT2D eigenvalue weighted by molar-refractivity contribution is 7.85. The average molecular weight is 855 g/mol. The first-order valence-corrected chi connectivity index (χ1v) is 23.0. The minimum Gasteiger partial charge on any atom is -0.358 e. The molecule has 61 heavy (non-hydrogen) atoms. The van der Waals surface area contributed by atoms with Gasteiger partial charge in [0.15, 0.2) is 17.3 Å². The number of Topliss-reactive ketones (excluding diaryl/α,β-unsaturated/α-hetero) is 2. The summed E-state index contributed by atoms with van der Waals surface area (Å²) in [5.74, 6) is -3.01. The van der Waals surface area contributed by atoms with Gasteiger partial charge in [-0.2, -0.15) is 13.0 Å². The number of fused-ring (bicyclic) bond motifs is 2. The molecule has 0 spiro atoms. The third kappa shape index (κ3) is 9.35. The van der Waals surface area contributed by atoms with Crippen LogP contribution in [-0.4, -0.2) is 95.9 Å². The third-order valence-electron chi connectivity index (χ3n) is 12.7. The van der Waals surface area contributed by atoms with Crippen molar-refractivity contribution in [3.05, 3.63) is 94.4 Å². The summed E-state index contributed by atoms with van der Waals surface area (Å²) >= 11 is 0. The van der Waals surface area contributed by atoms with E-state index in [1.54, 1.807) is 0 Å². The summed E-state index contributed by atoms with van der Waals surface area (Å²) in [5.41, 5.74) is 7.32. The van der Waals surface area contributed by atoms with Gasteiger partial charge in [-0.05, 0) is 63.7 Å². The number of allylic oxidation sites excluding steroid dienone is 5. The van der Waals surface area contributed by atoms with Crippen LogP contribution in [0.4, 0.5) is 11.4 Å². The summed E-state index contributed by atoms with van der Waals surface area (Å²) in [6.07, 6.45) is 7.75. The Bertz CT molecular complexity index is 2370. The van der Waals surface area contributed by atoms with Crippen LogP contribution >= 0.6 is 0 Å². The van der Waals surface area contributed by atoms with Crippen molar-refractivity contribution in [1.29, 1.82) is 0 Å². The highest BCUT2D eigenvalue weighted by Gasteiger charge is 2.48. The zero-order valence-electron chi connectivity index (χ0n) is 36.5. The first-order valence-electron chi connectivity index (χ1n) is 21.4. The van der Waals surface area contributed by atoms with Crippen LogP contribution in [0.5, 0.6) is 0 Å². The van der Waals surface area contributed by atoms with Crippen molar-refractivity contribution in [3.8, 4) is 0 Å². The Hall–Kier alpha value is -5.21. The molecular weight excluding hydrogens is 795 g/mol. The summed E-state index contributed by atoms with van der Waals surface area (Å²) in [4.78, 5) is 70.9. The second-order valence-electron chi connectivity index (χ2n) is 17.7. The monoisotopic (exact) mass is 854 g/mol. The summed E-state index contributed by atoms with van der Waals surface area (Å²) in [6, 6.07) is 14.3. The second kappa shape index (κ2) is 18.0. The number of para-hydroxylation sites is 2. The average Bonchev–Trinajstić information content (AvgIpc) is 3.81. The molecule has 0 saturated carbocycles. The first-order chi connectivity index (χ1) is 28.8. The fourth-order valence-corrected chi connectivity index (χ4v) is 10.1. The van der Waals surface area contributed by atoms with Gasteiger partial charge in [-0.25, -0.2) is 0 Å². The van der Waals surface area contributed by atoms with Gasteiger partial charge in [0, 0.05) is 72.9 Å². The van der Waals surface area contributed by atoms with E-state index in [2.05, 4.69) is 72.1 Å². The lowest BCUT2D eigenvalue weighted by molar-refractivity contribution is -0.401. The number of amides is 3. The molecule has 0 bridgehead atoms. The number of benzene rings is 2. The Morgan fingerprint density at radius 1 is 0.902 bits per heavy atom. The van der Waals surface area contributed by atoms with E-state index in [9.17, 15) is 36.9 Å². The molecule has 2 aromatic rings. The van der Waals surface area contributed by atoms with Crippen molar-refractivity contribution in [2.75, 3.05) is 31.3 Å². The molecule has 13 nitrogen and oxygen atoms in total. The van der Waals surface area contributed by atoms with Gasteiger partial charge in [0.1, 0.15) is 24.9 Å². The predicted octanol–water partition coefficient (Wildman–Crippen LogP) is 5.96. The largest absolute Gasteiger partial charge is 0.358 e. The fraction of sp³-hybridized carbons (Fsp3) is 0.489. The molecule has 3 N–H and O–H groups in total. The Kier molecular flexibility index (Phi) is 13.4. The van der Waals surface area contributed by atoms with Crippen molar-refractivity contribution in [3.63, 3.8) is 0 Å². The van der Waals surface area contributed by atoms with Gasteiger partial charge < -0.3 is 15.1 Å². The van der Waals surface area contributed by atoms with Gasteiger partial charge in [0.2, 0.25) is 23.4 Å². The maximum atomic E-state index is 14.5. The first kappa shape index (κ1) is 45.3. The number of likely N-dealkylation sites (N-methyl/N-ethyl adjacent to an activating group) is 1. The van der Waals surface area contributed by atoms with Crippen LogP contribution < -0.4 is 15.5 Å². The second-order valence-corrected chi connectivity index (χ2v) is 19.2. The van der Waals surface area contributed by atoms with E-state index in [0.717, 1.165) is 46.8 Å². The fourth-order valence-electron chi connectivity index (χ4n) is 9.39. The molecule has 2 aromatic carbocycles. The summed E-state index contributed by atoms with van der Waals surface area (Å²) < 4.78 is 34.5. The topological polar surface area (TPSA) is 173 Å². The maximum absolute atomic E-state index is 14.5. The zero-order valence-corrected chi connectivity index (χ0v) is 37.3. The number of anilines is 1. The molecule has 3 aliphatic heterocycles. The molecule has 3 heterocycles. The van der Waals surface area contributed by atoms with E-state index in [-0.39, 0.29) is 37.9 Å². The van der Waals surface area contributed by atoms with Crippen molar-refractivity contribution >= 4 is 56.5 Å². The lowest BCUT2D eigenvalue weighted by Gasteiger charge is -2.37. The highest BCUT2D eigenvalue weighted by Crippen LogP contribution is 2.49. The van der Waals surface area contributed by atoms with Crippen LogP contribution in [-0.2, 0) is 44.9 Å². The van der Waals surface area contributed by atoms with Gasteiger partial charge in [0.05, 0.1) is 16.7 Å². The molecular formula is C47H60N5O8S+. The van der Waals surface area contributed by atoms with Crippen LogP contribution in [0.25, 0.3) is 0 Å². The number of rotatable bonds is 17. The number of imide groups is 1. The lowest BCUT2D eigenvalue weighted by atomic mass is 9.76. The number of nitrogens with zero attached hydrogens (tertiary/aromatic N) is 3. The van der Waals surface area contributed by atoms with Crippen molar-refractivity contribution in [2.45, 2.75) is 122 Å². The SMILES string of the molecule is CCCCCC(=O)C(CS(=O)(=O)O)NC(=O)CCCCC(=O)NC(=O)C1CCCN1C1=C(C=C2N(C)c3ccccc3C2(C)C)C(=O)C1=CC1=[N+](C)c2ccccc2C1(C)C. The number of likely N-dealkylation sites (tertiary alicyclic amines) is 1. The molecule has 1 aliphatic carbocycles. The summed E-state index contributed by atoms with van der Waals surface area (Å²) in [7, 11) is -0.508. The zero-order chi connectivity index (χ0) is 44.4. The van der Waals surface area contributed by atoms with Gasteiger partial charge >= 0.3 is 0 Å². The summed E-state index contributed by atoms with van der Waals surface area (Å²) in [6.45, 7) is 11.1. The van der Waals surface area contributed by atoms with Crippen LogP contribution in [0.2, 0.25) is 0 Å². The standard InChI is InChI=1S/C47H59N5O8S/c1-8-9-10-23-38(53)34(29-61(58,59)60)48-41(54)24-15-16-25-42(55)49-45(57)37-22-17-26-52(37)43-30(27-39-46(2,3)32-18-11-13-20-35(32)50(39)6)44(56)31(43)28-40-47(4,5)33-19-12-14-21-36(33)51(40)7/h11-14,18-21,27-28,34,37H,8-10,15-17,22-26,29H2,1-7H3,(H2-,48,49,54,55,57,58,59,60)/p+1. The Balaban J connectivity index is 1.18. The minimum atomic E-state index is -4.52. The minimum absolute atomic E-state index is 0.0396. The maximum Gasteiger partial charge on any atom is 0.267 e.